The molecule has 14 heteroatoms. The number of aromatic nitrogens is 2. The number of likely N-dealkylation sites (N-methyl/N-ethyl adjacent to an activating group) is 1. The second-order valence-corrected chi connectivity index (χ2v) is 10.8. The number of nitrogens with one attached hydrogen (secondary N) is 2. The third-order valence-corrected chi connectivity index (χ3v) is 7.51. The van der Waals surface area contributed by atoms with Crippen molar-refractivity contribution in [3.63, 3.8) is 0 Å². The molecule has 0 unspecified atom stereocenters. The van der Waals surface area contributed by atoms with Crippen LogP contribution in [0.15, 0.2) is 60.9 Å². The predicted octanol–water partition coefficient (Wildman–Crippen LogP) is 3.61. The molecule has 1 aromatic carbocycles. The Labute approximate surface area is 253 Å². The first kappa shape index (κ1) is 31.0. The highest BCUT2D eigenvalue weighted by Crippen LogP contribution is 2.31. The summed E-state index contributed by atoms with van der Waals surface area (Å²) in [4.78, 5) is 42.0. The van der Waals surface area contributed by atoms with Crippen molar-refractivity contribution in [1.82, 2.24) is 24.7 Å². The van der Waals surface area contributed by atoms with Crippen molar-refractivity contribution in [2.45, 2.75) is 12.8 Å². The second kappa shape index (κ2) is 13.9. The molecule has 0 saturated carbocycles. The molecule has 2 saturated heterocycles. The van der Waals surface area contributed by atoms with Crippen LogP contribution in [0.5, 0.6) is 5.75 Å². The average Bonchev–Trinajstić information content (AvgIpc) is 3.01. The van der Waals surface area contributed by atoms with Gasteiger partial charge in [0.2, 0.25) is 5.91 Å². The van der Waals surface area contributed by atoms with Crippen LogP contribution < -0.4 is 20.3 Å². The number of rotatable bonds is 8. The van der Waals surface area contributed by atoms with Gasteiger partial charge in [-0.25, -0.2) is 14.8 Å². The number of hydrogen-bond donors (Lipinski definition) is 2. The summed E-state index contributed by atoms with van der Waals surface area (Å²) in [6.07, 6.45) is -1.21. The van der Waals surface area contributed by atoms with Crippen LogP contribution in [0.3, 0.4) is 0 Å². The van der Waals surface area contributed by atoms with E-state index in [1.165, 1.54) is 12.1 Å². The molecule has 0 radical (unpaired) electrons. The number of anilines is 3. The molecule has 2 aromatic heterocycles. The van der Waals surface area contributed by atoms with E-state index < -0.39 is 17.8 Å². The summed E-state index contributed by atoms with van der Waals surface area (Å²) in [6.45, 7) is 5.72. The van der Waals surface area contributed by atoms with Crippen LogP contribution in [-0.4, -0.2) is 103 Å². The number of piperazine rings is 2. The number of halogens is 3. The minimum absolute atomic E-state index is 0.0848. The van der Waals surface area contributed by atoms with Crippen molar-refractivity contribution in [3.05, 3.63) is 72.1 Å². The van der Waals surface area contributed by atoms with Crippen molar-refractivity contribution in [2.75, 3.05) is 81.5 Å². The number of nitrogens with zero attached hydrogens (tertiary/aromatic N) is 6. The summed E-state index contributed by atoms with van der Waals surface area (Å²) >= 11 is 0. The molecule has 2 fully saturated rings. The lowest BCUT2D eigenvalue weighted by Gasteiger charge is -2.35. The minimum Gasteiger partial charge on any atom is -0.485 e. The third kappa shape index (κ3) is 8.35. The summed E-state index contributed by atoms with van der Waals surface area (Å²) in [5.41, 5.74) is 0.0825. The van der Waals surface area contributed by atoms with Gasteiger partial charge in [-0.1, -0.05) is 6.07 Å². The molecule has 3 aromatic rings. The van der Waals surface area contributed by atoms with E-state index in [9.17, 15) is 22.8 Å². The van der Waals surface area contributed by atoms with Crippen LogP contribution in [-0.2, 0) is 17.6 Å². The Balaban J connectivity index is 1.13. The molecule has 0 aliphatic carbocycles. The predicted molar refractivity (Wildman–Crippen MR) is 160 cm³/mol. The van der Waals surface area contributed by atoms with Gasteiger partial charge in [0, 0.05) is 70.4 Å². The maximum Gasteiger partial charge on any atom is 0.416 e. The van der Waals surface area contributed by atoms with E-state index in [1.807, 2.05) is 17.0 Å². The molecule has 11 nitrogen and oxygen atoms in total. The number of pyridine rings is 2. The Hall–Kier alpha value is -4.43. The summed E-state index contributed by atoms with van der Waals surface area (Å²) in [6, 6.07) is 11.3. The largest absolute Gasteiger partial charge is 0.485 e. The number of amides is 3. The first-order chi connectivity index (χ1) is 21.1. The van der Waals surface area contributed by atoms with Crippen molar-refractivity contribution in [1.29, 1.82) is 0 Å². The SMILES string of the molecule is CN1CCN(CC(=O)Nc2cc(COc3cccnc3N3CCN(C(=O)Nc4cccc(C(F)(F)F)c4)CC3)ccn2)CC1. The van der Waals surface area contributed by atoms with E-state index in [4.69, 9.17) is 4.74 Å². The molecular formula is C30H35F3N8O3. The molecular weight excluding hydrogens is 577 g/mol. The van der Waals surface area contributed by atoms with Gasteiger partial charge in [-0.15, -0.1) is 0 Å². The quantitative estimate of drug-likeness (QED) is 0.398. The van der Waals surface area contributed by atoms with Crippen LogP contribution in [0.4, 0.5) is 35.3 Å². The highest BCUT2D eigenvalue weighted by molar-refractivity contribution is 5.91. The van der Waals surface area contributed by atoms with E-state index in [0.29, 0.717) is 50.1 Å². The van der Waals surface area contributed by atoms with Gasteiger partial charge < -0.3 is 30.1 Å². The van der Waals surface area contributed by atoms with Gasteiger partial charge in [0.1, 0.15) is 12.4 Å². The van der Waals surface area contributed by atoms with Crippen LogP contribution in [0.2, 0.25) is 0 Å². The van der Waals surface area contributed by atoms with E-state index in [-0.39, 0.29) is 18.2 Å². The van der Waals surface area contributed by atoms with E-state index in [1.54, 1.807) is 29.4 Å². The standard InChI is InChI=1S/C30H35F3N8O3/c1-38-10-12-39(13-11-38)20-27(42)37-26-18-22(7-9-34-26)21-44-25-6-3-8-35-28(25)40-14-16-41(17-15-40)29(43)36-24-5-2-4-23(19-24)30(31,32)33/h2-9,18-19H,10-17,20-21H2,1H3,(H,36,43)(H,34,37,42). The molecule has 234 valence electrons. The molecule has 2 N–H and O–H groups in total. The first-order valence-electron chi connectivity index (χ1n) is 14.4. The fourth-order valence-corrected chi connectivity index (χ4v) is 5.01. The van der Waals surface area contributed by atoms with Gasteiger partial charge in [-0.05, 0) is 55.1 Å². The molecule has 0 atom stereocenters. The highest BCUT2D eigenvalue weighted by Gasteiger charge is 2.31. The van der Waals surface area contributed by atoms with Crippen molar-refractivity contribution in [2.24, 2.45) is 0 Å². The summed E-state index contributed by atoms with van der Waals surface area (Å²) in [5, 5.41) is 5.43. The van der Waals surface area contributed by atoms with Gasteiger partial charge in [0.25, 0.3) is 0 Å². The van der Waals surface area contributed by atoms with Gasteiger partial charge in [0.05, 0.1) is 12.1 Å². The Kier molecular flexibility index (Phi) is 9.80. The summed E-state index contributed by atoms with van der Waals surface area (Å²) in [5.74, 6) is 1.53. The van der Waals surface area contributed by atoms with Gasteiger partial charge in [-0.2, -0.15) is 13.2 Å². The highest BCUT2D eigenvalue weighted by atomic mass is 19.4. The fraction of sp³-hybridized carbons (Fsp3) is 0.400. The van der Waals surface area contributed by atoms with E-state index >= 15 is 0 Å². The molecule has 0 bridgehead atoms. The van der Waals surface area contributed by atoms with Crippen LogP contribution >= 0.6 is 0 Å². The summed E-state index contributed by atoms with van der Waals surface area (Å²) < 4.78 is 45.2. The number of carbonyl (C=O) groups is 2. The Morgan fingerprint density at radius 3 is 2.41 bits per heavy atom. The lowest BCUT2D eigenvalue weighted by molar-refractivity contribution is -0.137. The molecule has 5 rings (SSSR count). The fourth-order valence-electron chi connectivity index (χ4n) is 5.01. The Morgan fingerprint density at radius 2 is 1.66 bits per heavy atom. The lowest BCUT2D eigenvalue weighted by Crippen LogP contribution is -2.50. The van der Waals surface area contributed by atoms with Crippen molar-refractivity contribution >= 4 is 29.3 Å². The second-order valence-electron chi connectivity index (χ2n) is 10.8. The number of carbonyl (C=O) groups excluding carboxylic acids is 2. The zero-order valence-corrected chi connectivity index (χ0v) is 24.4. The molecule has 4 heterocycles. The zero-order chi connectivity index (χ0) is 31.1. The topological polar surface area (TPSA) is 106 Å². The van der Waals surface area contributed by atoms with Gasteiger partial charge >= 0.3 is 12.2 Å². The van der Waals surface area contributed by atoms with E-state index in [0.717, 1.165) is 43.9 Å². The maximum atomic E-state index is 13.0. The van der Waals surface area contributed by atoms with Gasteiger partial charge in [-0.3, -0.25) is 9.69 Å². The number of urea groups is 1. The third-order valence-electron chi connectivity index (χ3n) is 7.51. The molecule has 2 aliphatic heterocycles. The van der Waals surface area contributed by atoms with Crippen molar-refractivity contribution in [3.8, 4) is 5.75 Å². The lowest BCUT2D eigenvalue weighted by atomic mass is 10.2. The minimum atomic E-state index is -4.49. The summed E-state index contributed by atoms with van der Waals surface area (Å²) in [7, 11) is 2.07. The zero-order valence-electron chi connectivity index (χ0n) is 24.4. The smallest absolute Gasteiger partial charge is 0.416 e. The van der Waals surface area contributed by atoms with E-state index in [2.05, 4.69) is 37.4 Å². The molecule has 44 heavy (non-hydrogen) atoms. The average molecular weight is 613 g/mol. The molecule has 0 spiro atoms. The number of ether oxygens (including phenoxy) is 1. The number of alkyl halides is 3. The maximum absolute atomic E-state index is 13.0. The monoisotopic (exact) mass is 612 g/mol. The van der Waals surface area contributed by atoms with Crippen LogP contribution in [0.1, 0.15) is 11.1 Å². The number of benzene rings is 1. The normalized spacial score (nSPS) is 16.5. The number of hydrogen-bond acceptors (Lipinski definition) is 8. The van der Waals surface area contributed by atoms with Gasteiger partial charge in [0.15, 0.2) is 11.6 Å². The Bertz CT molecular complexity index is 1440. The Morgan fingerprint density at radius 1 is 0.886 bits per heavy atom. The molecule has 3 amide bonds. The van der Waals surface area contributed by atoms with Crippen molar-refractivity contribution < 1.29 is 27.5 Å². The molecule has 2 aliphatic rings. The first-order valence-corrected chi connectivity index (χ1v) is 14.4. The van der Waals surface area contributed by atoms with Crippen LogP contribution in [0, 0.1) is 0 Å². The van der Waals surface area contributed by atoms with Crippen LogP contribution in [0.25, 0.3) is 0 Å².